The summed E-state index contributed by atoms with van der Waals surface area (Å²) in [7, 11) is 0. The molecule has 0 spiro atoms. The Bertz CT molecular complexity index is 953. The van der Waals surface area contributed by atoms with Crippen molar-refractivity contribution in [2.45, 2.75) is 50.3 Å². The number of nitrogens with zero attached hydrogens (tertiary/aromatic N) is 6. The third-order valence-electron chi connectivity index (χ3n) is 4.58. The predicted molar refractivity (Wildman–Crippen MR) is 85.9 cm³/mol. The highest BCUT2D eigenvalue weighted by molar-refractivity contribution is 5.83. The molecule has 0 bridgehead atoms. The van der Waals surface area contributed by atoms with Crippen molar-refractivity contribution >= 4 is 17.0 Å². The van der Waals surface area contributed by atoms with Crippen LogP contribution < -0.4 is 5.32 Å². The average Bonchev–Trinajstić information content (AvgIpc) is 3.05. The standard InChI is InChI=1S/C15H17N7O4/c1-6-19-14(26-21-6)11-9(23)10(24)15(25-11)22-5-18-8-12(20-7-2-3-7)16-4-17-13(8)22/h4-5,7,9-11,15,23-24H,2-3H2,1H3,(H,16,17,20)/t9-,10+,11-,15+/m0/s1. The molecule has 26 heavy (non-hydrogen) atoms. The Hall–Kier alpha value is -2.63. The van der Waals surface area contributed by atoms with Crippen LogP contribution in [-0.2, 0) is 4.74 Å². The number of aliphatic hydroxyl groups excluding tert-OH is 2. The van der Waals surface area contributed by atoms with Gasteiger partial charge < -0.3 is 24.8 Å². The highest BCUT2D eigenvalue weighted by Gasteiger charge is 2.47. The molecule has 1 saturated heterocycles. The molecule has 1 saturated carbocycles. The third kappa shape index (κ3) is 2.43. The van der Waals surface area contributed by atoms with Crippen LogP contribution in [0.4, 0.5) is 5.82 Å². The van der Waals surface area contributed by atoms with Gasteiger partial charge in [-0.05, 0) is 19.8 Å². The topological polar surface area (TPSA) is 144 Å². The number of aliphatic hydroxyl groups is 2. The highest BCUT2D eigenvalue weighted by atomic mass is 16.6. The van der Waals surface area contributed by atoms with E-state index in [1.807, 2.05) is 0 Å². The molecule has 1 aliphatic carbocycles. The van der Waals surface area contributed by atoms with Crippen LogP contribution in [0.2, 0.25) is 0 Å². The van der Waals surface area contributed by atoms with Gasteiger partial charge in [-0.1, -0.05) is 5.16 Å². The van der Waals surface area contributed by atoms with E-state index in [-0.39, 0.29) is 5.89 Å². The second-order valence-electron chi connectivity index (χ2n) is 6.57. The Kier molecular flexibility index (Phi) is 3.42. The molecule has 4 atom stereocenters. The highest BCUT2D eigenvalue weighted by Crippen LogP contribution is 2.39. The molecule has 0 amide bonds. The number of hydrogen-bond donors (Lipinski definition) is 3. The van der Waals surface area contributed by atoms with Crippen molar-refractivity contribution in [3.8, 4) is 0 Å². The van der Waals surface area contributed by atoms with Crippen LogP contribution in [0.1, 0.15) is 36.9 Å². The number of aromatic nitrogens is 6. The van der Waals surface area contributed by atoms with E-state index >= 15 is 0 Å². The summed E-state index contributed by atoms with van der Waals surface area (Å²) in [6.45, 7) is 1.66. The lowest BCUT2D eigenvalue weighted by Crippen LogP contribution is -2.29. The van der Waals surface area contributed by atoms with Crippen LogP contribution in [0.5, 0.6) is 0 Å². The van der Waals surface area contributed by atoms with Crippen molar-refractivity contribution in [3.05, 3.63) is 24.4 Å². The molecular weight excluding hydrogens is 342 g/mol. The molecule has 0 radical (unpaired) electrons. The van der Waals surface area contributed by atoms with Gasteiger partial charge in [0.1, 0.15) is 18.5 Å². The lowest BCUT2D eigenvalue weighted by Gasteiger charge is -2.16. The first kappa shape index (κ1) is 15.6. The average molecular weight is 359 g/mol. The first-order chi connectivity index (χ1) is 12.6. The molecule has 136 valence electrons. The van der Waals surface area contributed by atoms with Crippen molar-refractivity contribution in [2.75, 3.05) is 5.32 Å². The Morgan fingerprint density at radius 3 is 2.77 bits per heavy atom. The van der Waals surface area contributed by atoms with E-state index in [4.69, 9.17) is 9.26 Å². The number of imidazole rings is 1. The second kappa shape index (κ2) is 5.69. The van der Waals surface area contributed by atoms with Crippen LogP contribution in [0, 0.1) is 6.92 Å². The number of ether oxygens (including phenoxy) is 1. The molecule has 0 aromatic carbocycles. The van der Waals surface area contributed by atoms with Gasteiger partial charge in [-0.15, -0.1) is 0 Å². The zero-order valence-electron chi connectivity index (χ0n) is 13.8. The van der Waals surface area contributed by atoms with Crippen molar-refractivity contribution in [1.29, 1.82) is 0 Å². The van der Waals surface area contributed by atoms with E-state index in [9.17, 15) is 10.2 Å². The molecule has 2 fully saturated rings. The van der Waals surface area contributed by atoms with Crippen molar-refractivity contribution < 1.29 is 19.5 Å². The van der Waals surface area contributed by atoms with Crippen LogP contribution in [0.3, 0.4) is 0 Å². The zero-order valence-corrected chi connectivity index (χ0v) is 13.8. The van der Waals surface area contributed by atoms with Gasteiger partial charge in [0.15, 0.2) is 35.1 Å². The zero-order chi connectivity index (χ0) is 17.8. The third-order valence-corrected chi connectivity index (χ3v) is 4.58. The Balaban J connectivity index is 1.49. The lowest BCUT2D eigenvalue weighted by atomic mass is 10.1. The largest absolute Gasteiger partial charge is 0.387 e. The van der Waals surface area contributed by atoms with Crippen LogP contribution >= 0.6 is 0 Å². The summed E-state index contributed by atoms with van der Waals surface area (Å²) in [4.78, 5) is 16.9. The quantitative estimate of drug-likeness (QED) is 0.586. The summed E-state index contributed by atoms with van der Waals surface area (Å²) in [5, 5.41) is 27.8. The Morgan fingerprint density at radius 2 is 2.04 bits per heavy atom. The second-order valence-corrected chi connectivity index (χ2v) is 6.57. The fraction of sp³-hybridized carbons (Fsp3) is 0.533. The first-order valence-electron chi connectivity index (χ1n) is 8.37. The van der Waals surface area contributed by atoms with Crippen LogP contribution in [-0.4, -0.2) is 58.1 Å². The molecular formula is C15H17N7O4. The molecule has 4 heterocycles. The van der Waals surface area contributed by atoms with Gasteiger partial charge in [-0.2, -0.15) is 4.98 Å². The summed E-state index contributed by atoms with van der Waals surface area (Å²) in [6, 6.07) is 0.415. The molecule has 1 aliphatic heterocycles. The Morgan fingerprint density at radius 1 is 1.19 bits per heavy atom. The van der Waals surface area contributed by atoms with Crippen molar-refractivity contribution in [3.63, 3.8) is 0 Å². The smallest absolute Gasteiger partial charge is 0.258 e. The molecule has 11 nitrogen and oxygen atoms in total. The minimum Gasteiger partial charge on any atom is -0.387 e. The molecule has 3 N–H and O–H groups in total. The van der Waals surface area contributed by atoms with Gasteiger partial charge in [0.2, 0.25) is 0 Å². The number of fused-ring (bicyclic) bond motifs is 1. The summed E-state index contributed by atoms with van der Waals surface area (Å²) in [6.07, 6.45) is 0.904. The summed E-state index contributed by atoms with van der Waals surface area (Å²) in [5.74, 6) is 1.19. The number of anilines is 1. The van der Waals surface area contributed by atoms with E-state index in [1.54, 1.807) is 11.5 Å². The minimum absolute atomic E-state index is 0.117. The van der Waals surface area contributed by atoms with E-state index in [0.29, 0.717) is 28.8 Å². The maximum Gasteiger partial charge on any atom is 0.258 e. The normalized spacial score (nSPS) is 28.7. The summed E-state index contributed by atoms with van der Waals surface area (Å²) in [5.41, 5.74) is 1.09. The Labute approximate surface area is 147 Å². The van der Waals surface area contributed by atoms with Crippen molar-refractivity contribution in [1.82, 2.24) is 29.7 Å². The maximum absolute atomic E-state index is 10.5. The fourth-order valence-corrected chi connectivity index (χ4v) is 3.09. The van der Waals surface area contributed by atoms with E-state index in [1.165, 1.54) is 12.7 Å². The van der Waals surface area contributed by atoms with Gasteiger partial charge in [0.25, 0.3) is 5.89 Å². The molecule has 0 unspecified atom stereocenters. The number of hydrogen-bond acceptors (Lipinski definition) is 10. The van der Waals surface area contributed by atoms with Gasteiger partial charge in [-0.3, -0.25) is 4.57 Å². The number of rotatable bonds is 4. The fourth-order valence-electron chi connectivity index (χ4n) is 3.09. The molecule has 3 aromatic rings. The van der Waals surface area contributed by atoms with Crippen LogP contribution in [0.15, 0.2) is 17.2 Å². The van der Waals surface area contributed by atoms with E-state index < -0.39 is 24.5 Å². The minimum atomic E-state index is -1.22. The molecule has 11 heteroatoms. The summed E-state index contributed by atoms with van der Waals surface area (Å²) >= 11 is 0. The SMILES string of the molecule is Cc1noc([C@H]2O[C@@H](n3cnc4c(NC5CC5)ncnc43)[C@H](O)[C@@H]2O)n1. The van der Waals surface area contributed by atoms with E-state index in [0.717, 1.165) is 12.8 Å². The molecule has 2 aliphatic rings. The van der Waals surface area contributed by atoms with Gasteiger partial charge in [0, 0.05) is 6.04 Å². The van der Waals surface area contributed by atoms with Crippen molar-refractivity contribution in [2.24, 2.45) is 0 Å². The number of aryl methyl sites for hydroxylation is 1. The first-order valence-corrected chi connectivity index (χ1v) is 8.37. The maximum atomic E-state index is 10.5. The van der Waals surface area contributed by atoms with Gasteiger partial charge in [-0.25, -0.2) is 15.0 Å². The van der Waals surface area contributed by atoms with Crippen LogP contribution in [0.25, 0.3) is 11.2 Å². The molecule has 5 rings (SSSR count). The van der Waals surface area contributed by atoms with Gasteiger partial charge >= 0.3 is 0 Å². The monoisotopic (exact) mass is 359 g/mol. The van der Waals surface area contributed by atoms with E-state index in [2.05, 4.69) is 30.4 Å². The molecule has 3 aromatic heterocycles. The summed E-state index contributed by atoms with van der Waals surface area (Å²) < 4.78 is 12.5. The lowest BCUT2D eigenvalue weighted by molar-refractivity contribution is -0.0451. The predicted octanol–water partition coefficient (Wildman–Crippen LogP) is 0.0839. The number of nitrogens with one attached hydrogen (secondary N) is 1. The van der Waals surface area contributed by atoms with Gasteiger partial charge in [0.05, 0.1) is 6.33 Å².